The maximum Gasteiger partial charge on any atom is 0.273 e. The number of hydrogen-bond donors (Lipinski definition) is 0. The van der Waals surface area contributed by atoms with Gasteiger partial charge in [-0.3, -0.25) is 4.79 Å². The van der Waals surface area contributed by atoms with Crippen LogP contribution in [0.4, 0.5) is 0 Å². The second kappa shape index (κ2) is 5.80. The molecule has 3 nitrogen and oxygen atoms in total. The minimum absolute atomic E-state index is 0.0953. The Labute approximate surface area is 137 Å². The number of amides is 1. The molecule has 1 unspecified atom stereocenters. The summed E-state index contributed by atoms with van der Waals surface area (Å²) in [6.45, 7) is 1.94. The molecule has 1 amide bonds. The van der Waals surface area contributed by atoms with Crippen LogP contribution in [-0.2, 0) is 6.42 Å². The molecule has 1 fully saturated rings. The highest BCUT2D eigenvalue weighted by Crippen LogP contribution is 2.41. The number of nitrogens with zero attached hydrogens (tertiary/aromatic N) is 2. The van der Waals surface area contributed by atoms with Crippen molar-refractivity contribution in [2.24, 2.45) is 0 Å². The summed E-state index contributed by atoms with van der Waals surface area (Å²) in [4.78, 5) is 19.7. The topological polar surface area (TPSA) is 33.2 Å². The van der Waals surface area contributed by atoms with Crippen LogP contribution in [-0.4, -0.2) is 21.8 Å². The number of benzene rings is 1. The van der Waals surface area contributed by atoms with Crippen molar-refractivity contribution in [2.45, 2.75) is 51.1 Å². The zero-order valence-electron chi connectivity index (χ0n) is 13.5. The summed E-state index contributed by atoms with van der Waals surface area (Å²) in [5.41, 5.74) is 4.22. The molecular formula is C20H22N2O. The van der Waals surface area contributed by atoms with Gasteiger partial charge in [-0.1, -0.05) is 30.3 Å². The third-order valence-electron chi connectivity index (χ3n) is 4.96. The Morgan fingerprint density at radius 1 is 1.09 bits per heavy atom. The van der Waals surface area contributed by atoms with E-state index in [9.17, 15) is 4.79 Å². The lowest BCUT2D eigenvalue weighted by molar-refractivity contribution is 0.0631. The molecule has 1 aromatic heterocycles. The van der Waals surface area contributed by atoms with Crippen molar-refractivity contribution in [2.75, 3.05) is 0 Å². The molecule has 23 heavy (non-hydrogen) atoms. The summed E-state index contributed by atoms with van der Waals surface area (Å²) in [5.74, 6) is 0.0953. The molecule has 1 saturated carbocycles. The van der Waals surface area contributed by atoms with E-state index in [-0.39, 0.29) is 11.9 Å². The lowest BCUT2D eigenvalue weighted by Gasteiger charge is -2.36. The molecule has 2 aliphatic rings. The standard InChI is InChI=1S/C20H22N2O/c1-14-6-4-10-18(21-14)20(23)22(16-12-13-16)19-11-5-8-15-7-2-3-9-17(15)19/h2-4,6-7,9-10,16,19H,5,8,11-13H2,1H3. The summed E-state index contributed by atoms with van der Waals surface area (Å²) >= 11 is 0. The maximum absolute atomic E-state index is 13.2. The number of aryl methyl sites for hydroxylation is 2. The molecule has 0 bridgehead atoms. The van der Waals surface area contributed by atoms with Gasteiger partial charge in [0.05, 0.1) is 6.04 Å². The highest BCUT2D eigenvalue weighted by Gasteiger charge is 2.40. The van der Waals surface area contributed by atoms with Crippen molar-refractivity contribution in [1.82, 2.24) is 9.88 Å². The van der Waals surface area contributed by atoms with Gasteiger partial charge in [0.15, 0.2) is 0 Å². The molecule has 0 spiro atoms. The van der Waals surface area contributed by atoms with Crippen LogP contribution >= 0.6 is 0 Å². The van der Waals surface area contributed by atoms with Crippen LogP contribution in [0.25, 0.3) is 0 Å². The fourth-order valence-electron chi connectivity index (χ4n) is 3.73. The second-order valence-corrected chi connectivity index (χ2v) is 6.71. The fraction of sp³-hybridized carbons (Fsp3) is 0.400. The number of carbonyl (C=O) groups is 1. The van der Waals surface area contributed by atoms with Crippen molar-refractivity contribution in [3.8, 4) is 0 Å². The fourth-order valence-corrected chi connectivity index (χ4v) is 3.73. The molecule has 1 aromatic carbocycles. The largest absolute Gasteiger partial charge is 0.327 e. The first kappa shape index (κ1) is 14.4. The van der Waals surface area contributed by atoms with Crippen LogP contribution in [0.5, 0.6) is 0 Å². The number of rotatable bonds is 3. The lowest BCUT2D eigenvalue weighted by atomic mass is 9.86. The van der Waals surface area contributed by atoms with Gasteiger partial charge in [-0.2, -0.15) is 0 Å². The van der Waals surface area contributed by atoms with Gasteiger partial charge in [0.2, 0.25) is 0 Å². The first-order valence-electron chi connectivity index (χ1n) is 8.58. The van der Waals surface area contributed by atoms with E-state index in [1.54, 1.807) is 0 Å². The first-order valence-corrected chi connectivity index (χ1v) is 8.58. The molecule has 0 aliphatic heterocycles. The molecule has 3 heteroatoms. The van der Waals surface area contributed by atoms with Crippen molar-refractivity contribution in [3.05, 3.63) is 65.0 Å². The molecule has 1 heterocycles. The molecule has 4 rings (SSSR count). The van der Waals surface area contributed by atoms with Crippen molar-refractivity contribution < 1.29 is 4.79 Å². The van der Waals surface area contributed by atoms with E-state index in [0.29, 0.717) is 11.7 Å². The van der Waals surface area contributed by atoms with Crippen LogP contribution in [0, 0.1) is 6.92 Å². The van der Waals surface area contributed by atoms with E-state index < -0.39 is 0 Å². The van der Waals surface area contributed by atoms with Gasteiger partial charge >= 0.3 is 0 Å². The van der Waals surface area contributed by atoms with Crippen molar-refractivity contribution in [1.29, 1.82) is 0 Å². The Hall–Kier alpha value is -2.16. The van der Waals surface area contributed by atoms with Crippen LogP contribution in [0.1, 0.15) is 59.0 Å². The Morgan fingerprint density at radius 3 is 2.70 bits per heavy atom. The van der Waals surface area contributed by atoms with Gasteiger partial charge in [0.1, 0.15) is 5.69 Å². The number of carbonyl (C=O) groups excluding carboxylic acids is 1. The number of fused-ring (bicyclic) bond motifs is 1. The Morgan fingerprint density at radius 2 is 1.91 bits per heavy atom. The monoisotopic (exact) mass is 306 g/mol. The molecule has 0 N–H and O–H groups in total. The summed E-state index contributed by atoms with van der Waals surface area (Å²) in [6.07, 6.45) is 5.58. The third kappa shape index (κ3) is 2.76. The van der Waals surface area contributed by atoms with Crippen LogP contribution < -0.4 is 0 Å². The van der Waals surface area contributed by atoms with E-state index in [1.807, 2.05) is 25.1 Å². The summed E-state index contributed by atoms with van der Waals surface area (Å²) in [5, 5.41) is 0. The van der Waals surface area contributed by atoms with Crippen molar-refractivity contribution >= 4 is 5.91 Å². The molecule has 118 valence electrons. The zero-order valence-corrected chi connectivity index (χ0v) is 13.5. The SMILES string of the molecule is Cc1cccc(C(=O)N(C2CC2)C2CCCc3ccccc32)n1. The maximum atomic E-state index is 13.2. The number of hydrogen-bond acceptors (Lipinski definition) is 2. The molecule has 1 atom stereocenters. The van der Waals surface area contributed by atoms with Gasteiger partial charge in [-0.25, -0.2) is 4.98 Å². The van der Waals surface area contributed by atoms with Gasteiger partial charge in [0, 0.05) is 11.7 Å². The van der Waals surface area contributed by atoms with E-state index in [4.69, 9.17) is 0 Å². The highest BCUT2D eigenvalue weighted by atomic mass is 16.2. The van der Waals surface area contributed by atoms with Crippen LogP contribution in [0.3, 0.4) is 0 Å². The smallest absolute Gasteiger partial charge is 0.273 e. The first-order chi connectivity index (χ1) is 11.2. The van der Waals surface area contributed by atoms with Gasteiger partial charge < -0.3 is 4.90 Å². The Balaban J connectivity index is 1.71. The highest BCUT2D eigenvalue weighted by molar-refractivity contribution is 5.93. The number of aromatic nitrogens is 1. The van der Waals surface area contributed by atoms with E-state index in [2.05, 4.69) is 34.1 Å². The van der Waals surface area contributed by atoms with Crippen LogP contribution in [0.2, 0.25) is 0 Å². The van der Waals surface area contributed by atoms with Gasteiger partial charge in [-0.05, 0) is 62.3 Å². The van der Waals surface area contributed by atoms with E-state index in [0.717, 1.165) is 37.8 Å². The zero-order chi connectivity index (χ0) is 15.8. The Kier molecular flexibility index (Phi) is 3.64. The minimum atomic E-state index is 0.0953. The van der Waals surface area contributed by atoms with Gasteiger partial charge in [0.25, 0.3) is 5.91 Å². The summed E-state index contributed by atoms with van der Waals surface area (Å²) < 4.78 is 0. The van der Waals surface area contributed by atoms with Crippen LogP contribution in [0.15, 0.2) is 42.5 Å². The minimum Gasteiger partial charge on any atom is -0.327 e. The number of pyridine rings is 1. The van der Waals surface area contributed by atoms with Crippen molar-refractivity contribution in [3.63, 3.8) is 0 Å². The molecule has 0 saturated heterocycles. The molecule has 2 aliphatic carbocycles. The van der Waals surface area contributed by atoms with E-state index >= 15 is 0 Å². The second-order valence-electron chi connectivity index (χ2n) is 6.71. The van der Waals surface area contributed by atoms with Gasteiger partial charge in [-0.15, -0.1) is 0 Å². The average Bonchev–Trinajstić information content (AvgIpc) is 3.40. The average molecular weight is 306 g/mol. The Bertz CT molecular complexity index is 736. The summed E-state index contributed by atoms with van der Waals surface area (Å²) in [7, 11) is 0. The third-order valence-corrected chi connectivity index (χ3v) is 4.96. The molecule has 2 aromatic rings. The predicted molar refractivity (Wildman–Crippen MR) is 90.3 cm³/mol. The summed E-state index contributed by atoms with van der Waals surface area (Å²) in [6, 6.07) is 14.9. The molecular weight excluding hydrogens is 284 g/mol. The lowest BCUT2D eigenvalue weighted by Crippen LogP contribution is -2.38. The quantitative estimate of drug-likeness (QED) is 0.856. The normalized spacial score (nSPS) is 20.0. The van der Waals surface area contributed by atoms with E-state index in [1.165, 1.54) is 11.1 Å². The predicted octanol–water partition coefficient (Wildman–Crippen LogP) is 4.07. The molecule has 0 radical (unpaired) electrons.